The monoisotopic (exact) mass is 308 g/mol. The highest BCUT2D eigenvalue weighted by Gasteiger charge is 2.38. The molecule has 0 unspecified atom stereocenters. The van der Waals surface area contributed by atoms with E-state index in [1.165, 1.54) is 11.8 Å². The number of likely N-dealkylation sites (tertiary alicyclic amines) is 1. The molecule has 3 N–H and O–H groups in total. The minimum absolute atomic E-state index is 0.145. The Kier molecular flexibility index (Phi) is 5.19. The SMILES string of the molecule is CCNC(=O)[C@@H]1C[C@H](N)CN1C(=O)c1cccnc1SC. The number of aromatic nitrogens is 1. The average molecular weight is 308 g/mol. The van der Waals surface area contributed by atoms with Gasteiger partial charge in [-0.05, 0) is 31.7 Å². The third-order valence-corrected chi connectivity index (χ3v) is 4.15. The molecule has 2 heterocycles. The Labute approximate surface area is 128 Å². The van der Waals surface area contributed by atoms with Crippen LogP contribution in [0.4, 0.5) is 0 Å². The van der Waals surface area contributed by atoms with Gasteiger partial charge in [0.25, 0.3) is 5.91 Å². The predicted molar refractivity (Wildman–Crippen MR) is 82.1 cm³/mol. The molecule has 1 aliphatic heterocycles. The number of nitrogens with two attached hydrogens (primary N) is 1. The molecule has 2 atom stereocenters. The summed E-state index contributed by atoms with van der Waals surface area (Å²) < 4.78 is 0. The highest BCUT2D eigenvalue weighted by atomic mass is 32.2. The van der Waals surface area contributed by atoms with E-state index in [0.29, 0.717) is 30.1 Å². The molecular formula is C14H20N4O2S. The van der Waals surface area contributed by atoms with Crippen LogP contribution < -0.4 is 11.1 Å². The van der Waals surface area contributed by atoms with Gasteiger partial charge in [-0.3, -0.25) is 9.59 Å². The van der Waals surface area contributed by atoms with Gasteiger partial charge in [-0.2, -0.15) is 0 Å². The minimum Gasteiger partial charge on any atom is -0.355 e. The number of thioether (sulfide) groups is 1. The molecule has 7 heteroatoms. The van der Waals surface area contributed by atoms with E-state index in [4.69, 9.17) is 5.73 Å². The lowest BCUT2D eigenvalue weighted by molar-refractivity contribution is -0.124. The molecule has 21 heavy (non-hydrogen) atoms. The highest BCUT2D eigenvalue weighted by molar-refractivity contribution is 7.98. The van der Waals surface area contributed by atoms with E-state index < -0.39 is 6.04 Å². The van der Waals surface area contributed by atoms with Crippen LogP contribution in [0, 0.1) is 0 Å². The summed E-state index contributed by atoms with van der Waals surface area (Å²) in [6.45, 7) is 2.78. The van der Waals surface area contributed by atoms with Crippen molar-refractivity contribution in [1.82, 2.24) is 15.2 Å². The summed E-state index contributed by atoms with van der Waals surface area (Å²) >= 11 is 1.41. The van der Waals surface area contributed by atoms with Gasteiger partial charge >= 0.3 is 0 Å². The van der Waals surface area contributed by atoms with Gasteiger partial charge < -0.3 is 16.0 Å². The van der Waals surface area contributed by atoms with Crippen molar-refractivity contribution < 1.29 is 9.59 Å². The van der Waals surface area contributed by atoms with Crippen molar-refractivity contribution in [2.24, 2.45) is 5.73 Å². The van der Waals surface area contributed by atoms with Gasteiger partial charge in [0.2, 0.25) is 5.91 Å². The molecule has 6 nitrogen and oxygen atoms in total. The number of rotatable bonds is 4. The van der Waals surface area contributed by atoms with Crippen molar-refractivity contribution >= 4 is 23.6 Å². The Morgan fingerprint density at radius 2 is 2.33 bits per heavy atom. The predicted octanol–water partition coefficient (Wildman–Crippen LogP) is 0.481. The topological polar surface area (TPSA) is 88.3 Å². The van der Waals surface area contributed by atoms with E-state index in [2.05, 4.69) is 10.3 Å². The number of hydrogen-bond donors (Lipinski definition) is 2. The molecule has 1 fully saturated rings. The lowest BCUT2D eigenvalue weighted by Gasteiger charge is -2.24. The second-order valence-electron chi connectivity index (χ2n) is 4.92. The van der Waals surface area contributed by atoms with Crippen LogP contribution in [0.15, 0.2) is 23.4 Å². The fourth-order valence-corrected chi connectivity index (χ4v) is 3.05. The molecule has 1 aliphatic rings. The smallest absolute Gasteiger partial charge is 0.257 e. The Morgan fingerprint density at radius 1 is 1.57 bits per heavy atom. The number of nitrogens with zero attached hydrogens (tertiary/aromatic N) is 2. The summed E-state index contributed by atoms with van der Waals surface area (Å²) in [5.41, 5.74) is 6.46. The lowest BCUT2D eigenvalue weighted by Crippen LogP contribution is -2.46. The molecule has 0 aliphatic carbocycles. The van der Waals surface area contributed by atoms with Crippen LogP contribution in [0.1, 0.15) is 23.7 Å². The van der Waals surface area contributed by atoms with Crippen molar-refractivity contribution in [3.8, 4) is 0 Å². The number of nitrogens with one attached hydrogen (secondary N) is 1. The number of carbonyl (C=O) groups is 2. The Hall–Kier alpha value is -1.60. The van der Waals surface area contributed by atoms with Gasteiger partial charge in [0, 0.05) is 25.3 Å². The number of amides is 2. The molecule has 0 aromatic carbocycles. The molecule has 0 bridgehead atoms. The van der Waals surface area contributed by atoms with Crippen LogP contribution >= 0.6 is 11.8 Å². The van der Waals surface area contributed by atoms with Gasteiger partial charge in [0.15, 0.2) is 0 Å². The van der Waals surface area contributed by atoms with Crippen LogP contribution in [-0.2, 0) is 4.79 Å². The van der Waals surface area contributed by atoms with Gasteiger partial charge in [0.05, 0.1) is 5.56 Å². The summed E-state index contributed by atoms with van der Waals surface area (Å²) in [5, 5.41) is 3.43. The summed E-state index contributed by atoms with van der Waals surface area (Å²) in [6, 6.07) is 2.79. The third kappa shape index (κ3) is 3.36. The standard InChI is InChI=1S/C14H20N4O2S/c1-3-16-12(19)11-7-9(15)8-18(11)14(20)10-5-4-6-17-13(10)21-2/h4-6,9,11H,3,7-8,15H2,1-2H3,(H,16,19)/t9-,11-/m0/s1. The minimum atomic E-state index is -0.498. The Balaban J connectivity index is 2.25. The maximum absolute atomic E-state index is 12.7. The summed E-state index contributed by atoms with van der Waals surface area (Å²) in [6.07, 6.45) is 4.02. The average Bonchev–Trinajstić information content (AvgIpc) is 2.88. The zero-order chi connectivity index (χ0) is 15.4. The molecule has 114 valence electrons. The van der Waals surface area contributed by atoms with Gasteiger partial charge in [-0.15, -0.1) is 11.8 Å². The van der Waals surface area contributed by atoms with E-state index in [0.717, 1.165) is 0 Å². The fraction of sp³-hybridized carbons (Fsp3) is 0.500. The number of carbonyl (C=O) groups excluding carboxylic acids is 2. The summed E-state index contributed by atoms with van der Waals surface area (Å²) in [7, 11) is 0. The lowest BCUT2D eigenvalue weighted by atomic mass is 10.1. The van der Waals surface area contributed by atoms with Crippen molar-refractivity contribution in [3.63, 3.8) is 0 Å². The largest absolute Gasteiger partial charge is 0.355 e. The fourth-order valence-electron chi connectivity index (χ4n) is 2.50. The van der Waals surface area contributed by atoms with E-state index in [1.807, 2.05) is 13.2 Å². The van der Waals surface area contributed by atoms with Gasteiger partial charge in [0.1, 0.15) is 11.1 Å². The quantitative estimate of drug-likeness (QED) is 0.790. The van der Waals surface area contributed by atoms with Crippen molar-refractivity contribution in [2.75, 3.05) is 19.3 Å². The van der Waals surface area contributed by atoms with E-state index in [-0.39, 0.29) is 17.9 Å². The molecule has 0 spiro atoms. The zero-order valence-electron chi connectivity index (χ0n) is 12.2. The normalized spacial score (nSPS) is 21.4. The molecular weight excluding hydrogens is 288 g/mol. The summed E-state index contributed by atoms with van der Waals surface area (Å²) in [4.78, 5) is 30.6. The number of hydrogen-bond acceptors (Lipinski definition) is 5. The molecule has 2 amide bonds. The Bertz CT molecular complexity index is 537. The summed E-state index contributed by atoms with van der Waals surface area (Å²) in [5.74, 6) is -0.329. The molecule has 1 aromatic heterocycles. The Morgan fingerprint density at radius 3 is 3.00 bits per heavy atom. The zero-order valence-corrected chi connectivity index (χ0v) is 13.0. The van der Waals surface area contributed by atoms with E-state index >= 15 is 0 Å². The van der Waals surface area contributed by atoms with Crippen molar-refractivity contribution in [1.29, 1.82) is 0 Å². The van der Waals surface area contributed by atoms with Crippen molar-refractivity contribution in [3.05, 3.63) is 23.9 Å². The van der Waals surface area contributed by atoms with Crippen LogP contribution in [-0.4, -0.2) is 53.1 Å². The first-order chi connectivity index (χ1) is 10.1. The van der Waals surface area contributed by atoms with Crippen molar-refractivity contribution in [2.45, 2.75) is 30.5 Å². The number of pyridine rings is 1. The molecule has 1 saturated heterocycles. The molecule has 2 rings (SSSR count). The van der Waals surface area contributed by atoms with Gasteiger partial charge in [-0.25, -0.2) is 4.98 Å². The first-order valence-electron chi connectivity index (χ1n) is 6.91. The highest BCUT2D eigenvalue weighted by Crippen LogP contribution is 2.24. The van der Waals surface area contributed by atoms with Crippen LogP contribution in [0.25, 0.3) is 0 Å². The molecule has 0 saturated carbocycles. The number of likely N-dealkylation sites (N-methyl/N-ethyl adjacent to an activating group) is 1. The van der Waals surface area contributed by atoms with Gasteiger partial charge in [-0.1, -0.05) is 0 Å². The van der Waals surface area contributed by atoms with E-state index in [9.17, 15) is 9.59 Å². The molecule has 1 aromatic rings. The third-order valence-electron chi connectivity index (χ3n) is 3.44. The first kappa shape index (κ1) is 15.8. The first-order valence-corrected chi connectivity index (χ1v) is 8.14. The maximum atomic E-state index is 12.7. The second kappa shape index (κ2) is 6.91. The van der Waals surface area contributed by atoms with E-state index in [1.54, 1.807) is 23.2 Å². The van der Waals surface area contributed by atoms with Crippen LogP contribution in [0.3, 0.4) is 0 Å². The second-order valence-corrected chi connectivity index (χ2v) is 5.72. The van der Waals surface area contributed by atoms with Crippen LogP contribution in [0.2, 0.25) is 0 Å². The van der Waals surface area contributed by atoms with Crippen LogP contribution in [0.5, 0.6) is 0 Å². The molecule has 0 radical (unpaired) electrons. The maximum Gasteiger partial charge on any atom is 0.257 e.